The molecule has 0 aliphatic rings. The van der Waals surface area contributed by atoms with Gasteiger partial charge in [0.1, 0.15) is 0 Å². The van der Waals surface area contributed by atoms with Crippen molar-refractivity contribution in [3.05, 3.63) is 50.3 Å². The third kappa shape index (κ3) is 4.05. The standard InChI is InChI=1S/C22H27N3O4S/c1-6-14(7-2)25-11-17(21(26)23-10-20-13(3)24-12-30-20)15-8-18(28-4)19(29-5)9-16(15)22(25)27/h8-9,11-12,14H,6-7,10H2,1-5H3,(H,23,26). The Balaban J connectivity index is 2.16. The summed E-state index contributed by atoms with van der Waals surface area (Å²) in [5.74, 6) is 0.674. The first-order valence-electron chi connectivity index (χ1n) is 9.93. The maximum atomic E-state index is 13.2. The van der Waals surface area contributed by atoms with Gasteiger partial charge in [-0.1, -0.05) is 13.8 Å². The van der Waals surface area contributed by atoms with E-state index in [4.69, 9.17) is 9.47 Å². The van der Waals surface area contributed by atoms with Gasteiger partial charge in [-0.05, 0) is 31.9 Å². The molecular formula is C22H27N3O4S. The van der Waals surface area contributed by atoms with E-state index in [0.717, 1.165) is 23.4 Å². The number of rotatable bonds is 8. The second kappa shape index (κ2) is 9.30. The molecule has 0 fully saturated rings. The van der Waals surface area contributed by atoms with Crippen LogP contribution in [0.4, 0.5) is 0 Å². The number of carbonyl (C=O) groups excluding carboxylic acids is 1. The van der Waals surface area contributed by atoms with Gasteiger partial charge < -0.3 is 19.4 Å². The van der Waals surface area contributed by atoms with Crippen LogP contribution < -0.4 is 20.3 Å². The van der Waals surface area contributed by atoms with Crippen LogP contribution in [0, 0.1) is 6.92 Å². The van der Waals surface area contributed by atoms with Crippen molar-refractivity contribution in [3.8, 4) is 11.5 Å². The molecule has 1 N–H and O–H groups in total. The van der Waals surface area contributed by atoms with Gasteiger partial charge in [-0.25, -0.2) is 4.98 Å². The van der Waals surface area contributed by atoms with Crippen molar-refractivity contribution in [2.75, 3.05) is 14.2 Å². The van der Waals surface area contributed by atoms with Gasteiger partial charge in [-0.15, -0.1) is 11.3 Å². The summed E-state index contributed by atoms with van der Waals surface area (Å²) in [6.07, 6.45) is 3.25. The molecule has 0 spiro atoms. The molecule has 0 bridgehead atoms. The fraction of sp³-hybridized carbons (Fsp3) is 0.409. The number of aromatic nitrogens is 2. The van der Waals surface area contributed by atoms with Gasteiger partial charge in [0.2, 0.25) is 0 Å². The van der Waals surface area contributed by atoms with Crippen LogP contribution in [-0.4, -0.2) is 29.7 Å². The normalized spacial score (nSPS) is 11.1. The van der Waals surface area contributed by atoms with E-state index < -0.39 is 0 Å². The fourth-order valence-corrected chi connectivity index (χ4v) is 4.29. The molecule has 2 heterocycles. The van der Waals surface area contributed by atoms with Gasteiger partial charge in [0.05, 0.1) is 42.9 Å². The number of benzene rings is 1. The van der Waals surface area contributed by atoms with E-state index in [-0.39, 0.29) is 17.5 Å². The summed E-state index contributed by atoms with van der Waals surface area (Å²) in [6.45, 7) is 6.36. The van der Waals surface area contributed by atoms with Crippen LogP contribution in [0.5, 0.6) is 11.5 Å². The molecule has 1 amide bonds. The minimum Gasteiger partial charge on any atom is -0.493 e. The molecule has 0 unspecified atom stereocenters. The van der Waals surface area contributed by atoms with Crippen molar-refractivity contribution in [2.24, 2.45) is 0 Å². The Labute approximate surface area is 179 Å². The first-order valence-corrected chi connectivity index (χ1v) is 10.8. The lowest BCUT2D eigenvalue weighted by molar-refractivity contribution is 0.0952. The van der Waals surface area contributed by atoms with Crippen molar-refractivity contribution in [3.63, 3.8) is 0 Å². The molecule has 0 atom stereocenters. The molecule has 3 aromatic rings. The zero-order valence-corrected chi connectivity index (χ0v) is 18.8. The van der Waals surface area contributed by atoms with Gasteiger partial charge in [0.15, 0.2) is 11.5 Å². The molecular weight excluding hydrogens is 402 g/mol. The summed E-state index contributed by atoms with van der Waals surface area (Å²) < 4.78 is 12.5. The second-order valence-electron chi connectivity index (χ2n) is 7.02. The number of carbonyl (C=O) groups is 1. The third-order valence-electron chi connectivity index (χ3n) is 5.38. The first kappa shape index (κ1) is 21.8. The molecule has 0 aliphatic carbocycles. The predicted octanol–water partition coefficient (Wildman–Crippen LogP) is 4.07. The van der Waals surface area contributed by atoms with Gasteiger partial charge in [0.25, 0.3) is 11.5 Å². The number of pyridine rings is 1. The van der Waals surface area contributed by atoms with Crippen LogP contribution in [0.2, 0.25) is 0 Å². The van der Waals surface area contributed by atoms with Crippen molar-refractivity contribution in [2.45, 2.75) is 46.2 Å². The van der Waals surface area contributed by atoms with Crippen molar-refractivity contribution < 1.29 is 14.3 Å². The number of nitrogens with zero attached hydrogens (tertiary/aromatic N) is 2. The SMILES string of the molecule is CCC(CC)n1cc(C(=O)NCc2scnc2C)c2cc(OC)c(OC)cc2c1=O. The molecule has 0 saturated heterocycles. The topological polar surface area (TPSA) is 82.5 Å². The summed E-state index contributed by atoms with van der Waals surface area (Å²) in [7, 11) is 3.05. The van der Waals surface area contributed by atoms with E-state index in [0.29, 0.717) is 34.4 Å². The number of hydrogen-bond donors (Lipinski definition) is 1. The third-order valence-corrected chi connectivity index (χ3v) is 6.32. The number of nitrogens with one attached hydrogen (secondary N) is 1. The number of ether oxygens (including phenoxy) is 2. The zero-order valence-electron chi connectivity index (χ0n) is 17.9. The zero-order chi connectivity index (χ0) is 21.8. The van der Waals surface area contributed by atoms with E-state index in [1.165, 1.54) is 25.6 Å². The number of amides is 1. The van der Waals surface area contributed by atoms with Crippen LogP contribution in [0.3, 0.4) is 0 Å². The highest BCUT2D eigenvalue weighted by Crippen LogP contribution is 2.33. The molecule has 160 valence electrons. The quantitative estimate of drug-likeness (QED) is 0.584. The molecule has 0 aliphatic heterocycles. The Hall–Kier alpha value is -2.87. The Morgan fingerprint density at radius 3 is 2.33 bits per heavy atom. The van der Waals surface area contributed by atoms with Gasteiger partial charge >= 0.3 is 0 Å². The minimum atomic E-state index is -0.250. The number of thiazole rings is 1. The molecule has 7 nitrogen and oxygen atoms in total. The monoisotopic (exact) mass is 429 g/mol. The van der Waals surface area contributed by atoms with Crippen LogP contribution >= 0.6 is 11.3 Å². The van der Waals surface area contributed by atoms with E-state index in [1.807, 2.05) is 20.8 Å². The number of methoxy groups -OCH3 is 2. The van der Waals surface area contributed by atoms with Crippen LogP contribution in [-0.2, 0) is 6.54 Å². The Bertz CT molecular complexity index is 1120. The van der Waals surface area contributed by atoms with Crippen molar-refractivity contribution >= 4 is 28.0 Å². The van der Waals surface area contributed by atoms with E-state index in [9.17, 15) is 9.59 Å². The van der Waals surface area contributed by atoms with Crippen molar-refractivity contribution in [1.29, 1.82) is 0 Å². The van der Waals surface area contributed by atoms with Crippen LogP contribution in [0.15, 0.2) is 28.6 Å². The largest absolute Gasteiger partial charge is 0.493 e. The van der Waals surface area contributed by atoms with Crippen molar-refractivity contribution in [1.82, 2.24) is 14.9 Å². The molecule has 0 radical (unpaired) electrons. The Morgan fingerprint density at radius 1 is 1.17 bits per heavy atom. The van der Waals surface area contributed by atoms with Gasteiger partial charge in [-0.3, -0.25) is 9.59 Å². The molecule has 1 aromatic carbocycles. The maximum Gasteiger partial charge on any atom is 0.258 e. The van der Waals surface area contributed by atoms with E-state index in [1.54, 1.807) is 28.4 Å². The molecule has 2 aromatic heterocycles. The van der Waals surface area contributed by atoms with Crippen LogP contribution in [0.25, 0.3) is 10.8 Å². The Kier molecular flexibility index (Phi) is 6.77. The summed E-state index contributed by atoms with van der Waals surface area (Å²) in [6, 6.07) is 3.35. The first-order chi connectivity index (χ1) is 14.4. The van der Waals surface area contributed by atoms with E-state index >= 15 is 0 Å². The fourth-order valence-electron chi connectivity index (χ4n) is 3.57. The highest BCUT2D eigenvalue weighted by atomic mass is 32.1. The smallest absolute Gasteiger partial charge is 0.258 e. The van der Waals surface area contributed by atoms with Crippen LogP contribution in [0.1, 0.15) is 53.7 Å². The second-order valence-corrected chi connectivity index (χ2v) is 7.96. The van der Waals surface area contributed by atoms with Gasteiger partial charge in [0, 0.05) is 22.5 Å². The summed E-state index contributed by atoms with van der Waals surface area (Å²) >= 11 is 1.50. The summed E-state index contributed by atoms with van der Waals surface area (Å²) in [5.41, 5.74) is 2.95. The lowest BCUT2D eigenvalue weighted by Gasteiger charge is -2.20. The highest BCUT2D eigenvalue weighted by Gasteiger charge is 2.20. The lowest BCUT2D eigenvalue weighted by atomic mass is 10.0. The molecule has 0 saturated carbocycles. The predicted molar refractivity (Wildman–Crippen MR) is 119 cm³/mol. The summed E-state index contributed by atoms with van der Waals surface area (Å²) in [4.78, 5) is 31.6. The molecule has 3 rings (SSSR count). The molecule has 30 heavy (non-hydrogen) atoms. The van der Waals surface area contributed by atoms with Gasteiger partial charge in [-0.2, -0.15) is 0 Å². The maximum absolute atomic E-state index is 13.2. The summed E-state index contributed by atoms with van der Waals surface area (Å²) in [5, 5.41) is 3.94. The minimum absolute atomic E-state index is 0.00490. The number of hydrogen-bond acceptors (Lipinski definition) is 6. The average Bonchev–Trinajstić information content (AvgIpc) is 3.18. The number of aryl methyl sites for hydroxylation is 1. The number of fused-ring (bicyclic) bond motifs is 1. The Morgan fingerprint density at radius 2 is 1.80 bits per heavy atom. The molecule has 8 heteroatoms. The highest BCUT2D eigenvalue weighted by molar-refractivity contribution is 7.09. The van der Waals surface area contributed by atoms with E-state index in [2.05, 4.69) is 10.3 Å². The average molecular weight is 430 g/mol. The lowest BCUT2D eigenvalue weighted by Crippen LogP contribution is -2.29.